The highest BCUT2D eigenvalue weighted by Gasteiger charge is 2.18. The Morgan fingerprint density at radius 1 is 1.29 bits per heavy atom. The number of aryl methyl sites for hydroxylation is 1. The van der Waals surface area contributed by atoms with Crippen molar-refractivity contribution in [1.29, 1.82) is 0 Å². The number of nitrogen functional groups attached to an aromatic ring is 1. The second-order valence-electron chi connectivity index (χ2n) is 6.23. The van der Waals surface area contributed by atoms with E-state index in [2.05, 4.69) is 15.3 Å². The minimum Gasteiger partial charge on any atom is -0.382 e. The quantitative estimate of drug-likeness (QED) is 0.499. The first kappa shape index (κ1) is 19.9. The standard InChI is InChI=1S/C18H21N5O4S/c1-11-2-4-12(5-3-11)16(25)20-14-15(19)21-18(22-17(14)26)28-10-13(24)23-6-8-27-9-7-23/h2-5H,6-10H2,1H3,(H,20,25)(H3,19,21,22,26). The molecule has 0 unspecified atom stereocenters. The molecule has 1 aliphatic rings. The third-order valence-electron chi connectivity index (χ3n) is 4.17. The molecule has 2 amide bonds. The highest BCUT2D eigenvalue weighted by Crippen LogP contribution is 2.18. The Balaban J connectivity index is 1.65. The van der Waals surface area contributed by atoms with Crippen LogP contribution in [0.3, 0.4) is 0 Å². The molecule has 2 heterocycles. The van der Waals surface area contributed by atoms with Gasteiger partial charge in [0.25, 0.3) is 11.5 Å². The number of carbonyl (C=O) groups is 2. The van der Waals surface area contributed by atoms with Gasteiger partial charge < -0.3 is 20.7 Å². The van der Waals surface area contributed by atoms with E-state index in [1.165, 1.54) is 0 Å². The first-order chi connectivity index (χ1) is 13.4. The molecule has 0 radical (unpaired) electrons. The predicted octanol–water partition coefficient (Wildman–Crippen LogP) is 0.864. The number of carbonyl (C=O) groups excluding carboxylic acids is 2. The lowest BCUT2D eigenvalue weighted by Gasteiger charge is -2.26. The first-order valence-corrected chi connectivity index (χ1v) is 9.68. The summed E-state index contributed by atoms with van der Waals surface area (Å²) < 4.78 is 5.22. The molecule has 28 heavy (non-hydrogen) atoms. The molecular weight excluding hydrogens is 382 g/mol. The van der Waals surface area contributed by atoms with Crippen LogP contribution in [-0.4, -0.2) is 58.7 Å². The number of aromatic nitrogens is 2. The number of aromatic amines is 1. The summed E-state index contributed by atoms with van der Waals surface area (Å²) in [7, 11) is 0. The maximum atomic E-state index is 12.3. The highest BCUT2D eigenvalue weighted by atomic mass is 32.2. The predicted molar refractivity (Wildman–Crippen MR) is 107 cm³/mol. The maximum Gasteiger partial charge on any atom is 0.277 e. The fourth-order valence-corrected chi connectivity index (χ4v) is 3.35. The minimum atomic E-state index is -0.575. The van der Waals surface area contributed by atoms with Crippen LogP contribution in [0, 0.1) is 6.92 Å². The van der Waals surface area contributed by atoms with Crippen LogP contribution in [0.4, 0.5) is 11.5 Å². The molecule has 1 saturated heterocycles. The van der Waals surface area contributed by atoms with E-state index in [-0.39, 0.29) is 28.3 Å². The number of nitrogens with two attached hydrogens (primary N) is 1. The second kappa shape index (κ2) is 8.89. The van der Waals surface area contributed by atoms with Crippen LogP contribution >= 0.6 is 11.8 Å². The summed E-state index contributed by atoms with van der Waals surface area (Å²) in [6, 6.07) is 6.91. The molecule has 1 aromatic carbocycles. The van der Waals surface area contributed by atoms with Crippen molar-refractivity contribution in [2.45, 2.75) is 12.1 Å². The molecule has 10 heteroatoms. The smallest absolute Gasteiger partial charge is 0.277 e. The van der Waals surface area contributed by atoms with Gasteiger partial charge in [0.1, 0.15) is 5.69 Å². The number of hydrogen-bond acceptors (Lipinski definition) is 7. The topological polar surface area (TPSA) is 130 Å². The van der Waals surface area contributed by atoms with E-state index in [1.54, 1.807) is 29.2 Å². The van der Waals surface area contributed by atoms with Gasteiger partial charge in [-0.2, -0.15) is 0 Å². The van der Waals surface area contributed by atoms with Gasteiger partial charge in [0, 0.05) is 18.7 Å². The fourth-order valence-electron chi connectivity index (χ4n) is 2.58. The van der Waals surface area contributed by atoms with Gasteiger partial charge in [-0.05, 0) is 19.1 Å². The van der Waals surface area contributed by atoms with Crippen LogP contribution in [-0.2, 0) is 9.53 Å². The van der Waals surface area contributed by atoms with E-state index < -0.39 is 11.5 Å². The molecule has 0 spiro atoms. The normalized spacial score (nSPS) is 14.0. The van der Waals surface area contributed by atoms with Crippen LogP contribution in [0.15, 0.2) is 34.2 Å². The van der Waals surface area contributed by atoms with Gasteiger partial charge >= 0.3 is 0 Å². The Labute approximate surface area is 165 Å². The Morgan fingerprint density at radius 3 is 2.61 bits per heavy atom. The number of amides is 2. The molecule has 4 N–H and O–H groups in total. The van der Waals surface area contributed by atoms with Crippen molar-refractivity contribution in [3.8, 4) is 0 Å². The molecule has 3 rings (SSSR count). The molecule has 2 aromatic rings. The molecule has 0 atom stereocenters. The van der Waals surface area contributed by atoms with Gasteiger partial charge in [-0.1, -0.05) is 29.5 Å². The van der Waals surface area contributed by atoms with Crippen molar-refractivity contribution in [2.24, 2.45) is 0 Å². The lowest BCUT2D eigenvalue weighted by molar-refractivity contribution is -0.132. The number of nitrogens with one attached hydrogen (secondary N) is 2. The van der Waals surface area contributed by atoms with Crippen LogP contribution < -0.4 is 16.6 Å². The number of H-pyrrole nitrogens is 1. The number of nitrogens with zero attached hydrogens (tertiary/aromatic N) is 2. The lowest BCUT2D eigenvalue weighted by atomic mass is 10.1. The van der Waals surface area contributed by atoms with E-state index in [9.17, 15) is 14.4 Å². The molecule has 1 aliphatic heterocycles. The van der Waals surface area contributed by atoms with Gasteiger partial charge in [-0.3, -0.25) is 19.4 Å². The Morgan fingerprint density at radius 2 is 1.96 bits per heavy atom. The molecule has 1 fully saturated rings. The van der Waals surface area contributed by atoms with Crippen molar-refractivity contribution >= 4 is 35.1 Å². The zero-order chi connectivity index (χ0) is 20.1. The third-order valence-corrected chi connectivity index (χ3v) is 5.03. The summed E-state index contributed by atoms with van der Waals surface area (Å²) in [5.41, 5.74) is 6.58. The molecule has 0 saturated carbocycles. The van der Waals surface area contributed by atoms with Crippen molar-refractivity contribution in [1.82, 2.24) is 14.9 Å². The van der Waals surface area contributed by atoms with Crippen molar-refractivity contribution in [3.63, 3.8) is 0 Å². The maximum absolute atomic E-state index is 12.3. The summed E-state index contributed by atoms with van der Waals surface area (Å²) in [5.74, 6) is -0.504. The van der Waals surface area contributed by atoms with E-state index in [0.717, 1.165) is 17.3 Å². The first-order valence-electron chi connectivity index (χ1n) is 8.70. The van der Waals surface area contributed by atoms with Crippen LogP contribution in [0.1, 0.15) is 15.9 Å². The molecule has 1 aromatic heterocycles. The van der Waals surface area contributed by atoms with E-state index in [4.69, 9.17) is 10.5 Å². The average molecular weight is 403 g/mol. The number of morpholine rings is 1. The number of thioether (sulfide) groups is 1. The van der Waals surface area contributed by atoms with E-state index in [1.807, 2.05) is 6.92 Å². The number of anilines is 2. The minimum absolute atomic E-state index is 0.0636. The molecule has 0 bridgehead atoms. The van der Waals surface area contributed by atoms with Crippen molar-refractivity contribution in [2.75, 3.05) is 43.1 Å². The molecule has 148 valence electrons. The molecular formula is C18H21N5O4S. The van der Waals surface area contributed by atoms with E-state index >= 15 is 0 Å². The van der Waals surface area contributed by atoms with E-state index in [0.29, 0.717) is 31.9 Å². The summed E-state index contributed by atoms with van der Waals surface area (Å²) >= 11 is 1.08. The average Bonchev–Trinajstić information content (AvgIpc) is 2.70. The van der Waals surface area contributed by atoms with Gasteiger partial charge in [0.15, 0.2) is 11.0 Å². The Hall–Kier alpha value is -2.85. The fraction of sp³-hybridized carbons (Fsp3) is 0.333. The largest absolute Gasteiger partial charge is 0.382 e. The zero-order valence-electron chi connectivity index (χ0n) is 15.4. The number of hydrogen-bond donors (Lipinski definition) is 3. The number of benzene rings is 1. The van der Waals surface area contributed by atoms with Gasteiger partial charge in [0.2, 0.25) is 5.91 Å². The SMILES string of the molecule is Cc1ccc(C(=O)Nc2c(N)nc(SCC(=O)N3CCOCC3)[nH]c2=O)cc1. The number of rotatable bonds is 5. The van der Waals surface area contributed by atoms with Crippen molar-refractivity contribution in [3.05, 3.63) is 45.7 Å². The number of ether oxygens (including phenoxy) is 1. The van der Waals surface area contributed by atoms with Crippen molar-refractivity contribution < 1.29 is 14.3 Å². The summed E-state index contributed by atoms with van der Waals surface area (Å²) in [6.45, 7) is 4.06. The second-order valence-corrected chi connectivity index (χ2v) is 7.20. The summed E-state index contributed by atoms with van der Waals surface area (Å²) in [4.78, 5) is 45.1. The summed E-state index contributed by atoms with van der Waals surface area (Å²) in [6.07, 6.45) is 0. The van der Waals surface area contributed by atoms with Gasteiger partial charge in [-0.25, -0.2) is 4.98 Å². The third kappa shape index (κ3) is 4.90. The zero-order valence-corrected chi connectivity index (χ0v) is 16.2. The van der Waals surface area contributed by atoms with Gasteiger partial charge in [-0.15, -0.1) is 0 Å². The Kier molecular flexibility index (Phi) is 6.32. The summed E-state index contributed by atoms with van der Waals surface area (Å²) in [5, 5.41) is 2.71. The molecule has 0 aliphatic carbocycles. The molecule has 9 nitrogen and oxygen atoms in total. The Bertz CT molecular complexity index is 923. The van der Waals surface area contributed by atoms with Crippen LogP contribution in [0.2, 0.25) is 0 Å². The monoisotopic (exact) mass is 403 g/mol. The van der Waals surface area contributed by atoms with Crippen LogP contribution in [0.5, 0.6) is 0 Å². The highest BCUT2D eigenvalue weighted by molar-refractivity contribution is 7.99. The van der Waals surface area contributed by atoms with Gasteiger partial charge in [0.05, 0.1) is 19.0 Å². The van der Waals surface area contributed by atoms with Crippen LogP contribution in [0.25, 0.3) is 0 Å². The lowest BCUT2D eigenvalue weighted by Crippen LogP contribution is -2.41.